The normalized spacial score (nSPS) is 16.1. The van der Waals surface area contributed by atoms with Gasteiger partial charge in [0.1, 0.15) is 12.3 Å². The minimum Gasteiger partial charge on any atom is -0.454 e. The average molecular weight is 366 g/mol. The van der Waals surface area contributed by atoms with E-state index in [1.165, 1.54) is 0 Å². The van der Waals surface area contributed by atoms with E-state index in [0.29, 0.717) is 18.4 Å². The number of likely N-dealkylation sites (tertiary alicyclic amines) is 1. The van der Waals surface area contributed by atoms with E-state index in [9.17, 15) is 4.79 Å². The van der Waals surface area contributed by atoms with Gasteiger partial charge in [0, 0.05) is 40.0 Å². The summed E-state index contributed by atoms with van der Waals surface area (Å²) in [6.45, 7) is 6.46. The number of hydrogen-bond donors (Lipinski definition) is 2. The summed E-state index contributed by atoms with van der Waals surface area (Å²) in [6.07, 6.45) is 3.18. The van der Waals surface area contributed by atoms with Crippen molar-refractivity contribution in [1.82, 2.24) is 10.2 Å². The number of carbonyl (C=O) groups is 1. The molecule has 0 saturated carbocycles. The molecule has 0 bridgehead atoms. The zero-order chi connectivity index (χ0) is 18.8. The van der Waals surface area contributed by atoms with Gasteiger partial charge >= 0.3 is 0 Å². The molecule has 3 N–H and O–H groups in total. The fourth-order valence-corrected chi connectivity index (χ4v) is 2.86. The largest absolute Gasteiger partial charge is 0.454 e. The van der Waals surface area contributed by atoms with Crippen LogP contribution in [0.1, 0.15) is 42.5 Å². The Hall–Kier alpha value is -2.06. The number of piperidine rings is 1. The quantitative estimate of drug-likeness (QED) is 0.389. The lowest BCUT2D eigenvalue weighted by atomic mass is 10.1. The van der Waals surface area contributed by atoms with Crippen LogP contribution in [0.5, 0.6) is 0 Å². The molecule has 1 aromatic heterocycles. The third-order valence-corrected chi connectivity index (χ3v) is 4.21. The second-order valence-corrected chi connectivity index (χ2v) is 6.20. The number of guanidine groups is 1. The van der Waals surface area contributed by atoms with Gasteiger partial charge in [0.05, 0.1) is 6.10 Å². The molecule has 1 aliphatic heterocycles. The lowest BCUT2D eigenvalue weighted by Crippen LogP contribution is -2.47. The standard InChI is InChI=1S/C18H30N4O4/c1-3-20-18(21-13-15-5-6-16(26-15)17(19)23)22-9-7-14(8-10-22)25-12-4-11-24-2/h5-6,14H,3-4,7-13H2,1-2H3,(H2,19,23)(H,20,21). The van der Waals surface area contributed by atoms with Gasteiger partial charge in [-0.25, -0.2) is 4.99 Å². The average Bonchev–Trinajstić information content (AvgIpc) is 3.12. The Kier molecular flexibility index (Phi) is 8.43. The zero-order valence-corrected chi connectivity index (χ0v) is 15.7. The summed E-state index contributed by atoms with van der Waals surface area (Å²) in [5, 5.41) is 3.31. The van der Waals surface area contributed by atoms with Gasteiger partial charge < -0.3 is 29.8 Å². The van der Waals surface area contributed by atoms with E-state index in [0.717, 1.165) is 58.1 Å². The Labute approximate surface area is 154 Å². The van der Waals surface area contributed by atoms with Crippen molar-refractivity contribution in [2.24, 2.45) is 10.7 Å². The van der Waals surface area contributed by atoms with Gasteiger partial charge in [0.2, 0.25) is 0 Å². The van der Waals surface area contributed by atoms with Crippen LogP contribution in [0, 0.1) is 0 Å². The van der Waals surface area contributed by atoms with Crippen LogP contribution < -0.4 is 11.1 Å². The maximum Gasteiger partial charge on any atom is 0.284 e. The second kappa shape index (κ2) is 10.8. The number of methoxy groups -OCH3 is 1. The van der Waals surface area contributed by atoms with E-state index in [2.05, 4.69) is 15.2 Å². The van der Waals surface area contributed by atoms with Gasteiger partial charge in [-0.1, -0.05) is 0 Å². The van der Waals surface area contributed by atoms with Crippen molar-refractivity contribution in [3.8, 4) is 0 Å². The fourth-order valence-electron chi connectivity index (χ4n) is 2.86. The van der Waals surface area contributed by atoms with Crippen LogP contribution in [0.4, 0.5) is 0 Å². The highest BCUT2D eigenvalue weighted by atomic mass is 16.5. The molecule has 1 amide bonds. The van der Waals surface area contributed by atoms with Gasteiger partial charge in [-0.2, -0.15) is 0 Å². The zero-order valence-electron chi connectivity index (χ0n) is 15.7. The van der Waals surface area contributed by atoms with Crippen LogP contribution in [0.15, 0.2) is 21.5 Å². The number of amides is 1. The van der Waals surface area contributed by atoms with Crippen LogP contribution in [0.25, 0.3) is 0 Å². The molecule has 0 radical (unpaired) electrons. The molecule has 1 fully saturated rings. The Balaban J connectivity index is 1.84. The van der Waals surface area contributed by atoms with Gasteiger partial charge in [0.25, 0.3) is 5.91 Å². The molecule has 2 rings (SSSR count). The molecule has 1 aliphatic rings. The smallest absolute Gasteiger partial charge is 0.284 e. The molecule has 8 nitrogen and oxygen atoms in total. The molecular formula is C18H30N4O4. The molecule has 0 aromatic carbocycles. The predicted octanol–water partition coefficient (Wildman–Crippen LogP) is 1.36. The Morgan fingerprint density at radius 2 is 2.15 bits per heavy atom. The summed E-state index contributed by atoms with van der Waals surface area (Å²) in [6, 6.07) is 3.31. The third-order valence-electron chi connectivity index (χ3n) is 4.21. The number of carbonyl (C=O) groups excluding carboxylic acids is 1. The van der Waals surface area contributed by atoms with E-state index >= 15 is 0 Å². The molecule has 2 heterocycles. The molecule has 0 spiro atoms. The van der Waals surface area contributed by atoms with E-state index in [1.807, 2.05) is 6.92 Å². The van der Waals surface area contributed by atoms with Crippen molar-refractivity contribution in [3.63, 3.8) is 0 Å². The number of nitrogens with two attached hydrogens (primary N) is 1. The van der Waals surface area contributed by atoms with Gasteiger partial charge in [-0.15, -0.1) is 0 Å². The summed E-state index contributed by atoms with van der Waals surface area (Å²) >= 11 is 0. The highest BCUT2D eigenvalue weighted by Crippen LogP contribution is 2.15. The molecule has 0 unspecified atom stereocenters. The monoisotopic (exact) mass is 366 g/mol. The van der Waals surface area contributed by atoms with Crippen molar-refractivity contribution in [3.05, 3.63) is 23.7 Å². The number of primary amides is 1. The SMILES string of the molecule is CCNC(=NCc1ccc(C(N)=O)o1)N1CCC(OCCCOC)CC1. The highest BCUT2D eigenvalue weighted by molar-refractivity contribution is 5.89. The first-order chi connectivity index (χ1) is 12.6. The maximum atomic E-state index is 11.1. The summed E-state index contributed by atoms with van der Waals surface area (Å²) < 4.78 is 16.3. The van der Waals surface area contributed by atoms with Crippen molar-refractivity contribution in [1.29, 1.82) is 0 Å². The predicted molar refractivity (Wildman–Crippen MR) is 99.1 cm³/mol. The Morgan fingerprint density at radius 1 is 1.38 bits per heavy atom. The van der Waals surface area contributed by atoms with E-state index in [1.54, 1.807) is 19.2 Å². The summed E-state index contributed by atoms with van der Waals surface area (Å²) in [4.78, 5) is 18.0. The molecule has 0 atom stereocenters. The van der Waals surface area contributed by atoms with Crippen LogP contribution >= 0.6 is 0 Å². The third kappa shape index (κ3) is 6.34. The van der Waals surface area contributed by atoms with E-state index in [4.69, 9.17) is 19.6 Å². The van der Waals surface area contributed by atoms with E-state index < -0.39 is 5.91 Å². The number of hydrogen-bond acceptors (Lipinski definition) is 5. The summed E-state index contributed by atoms with van der Waals surface area (Å²) in [5.74, 6) is 1.05. The van der Waals surface area contributed by atoms with Crippen LogP contribution in [0.2, 0.25) is 0 Å². The number of nitrogens with one attached hydrogen (secondary N) is 1. The van der Waals surface area contributed by atoms with Gasteiger partial charge in [-0.3, -0.25) is 4.79 Å². The second-order valence-electron chi connectivity index (χ2n) is 6.20. The number of aliphatic imine (C=N–C) groups is 1. The minimum absolute atomic E-state index is 0.159. The van der Waals surface area contributed by atoms with Crippen molar-refractivity contribution in [2.45, 2.75) is 38.8 Å². The molecule has 26 heavy (non-hydrogen) atoms. The summed E-state index contributed by atoms with van der Waals surface area (Å²) in [5.41, 5.74) is 5.20. The molecule has 1 aromatic rings. The van der Waals surface area contributed by atoms with Crippen LogP contribution in [-0.2, 0) is 16.0 Å². The summed E-state index contributed by atoms with van der Waals surface area (Å²) in [7, 11) is 1.71. The molecule has 146 valence electrons. The molecular weight excluding hydrogens is 336 g/mol. The first kappa shape index (κ1) is 20.3. The number of furan rings is 1. The number of ether oxygens (including phenoxy) is 2. The lowest BCUT2D eigenvalue weighted by Gasteiger charge is -2.34. The van der Waals surface area contributed by atoms with Crippen LogP contribution in [0.3, 0.4) is 0 Å². The van der Waals surface area contributed by atoms with Gasteiger partial charge in [-0.05, 0) is 38.3 Å². The fraction of sp³-hybridized carbons (Fsp3) is 0.667. The molecule has 8 heteroatoms. The minimum atomic E-state index is -0.570. The molecule has 1 saturated heterocycles. The first-order valence-electron chi connectivity index (χ1n) is 9.16. The first-order valence-corrected chi connectivity index (χ1v) is 9.16. The van der Waals surface area contributed by atoms with Crippen molar-refractivity contribution < 1.29 is 18.7 Å². The number of rotatable bonds is 9. The lowest BCUT2D eigenvalue weighted by molar-refractivity contribution is 0.00989. The Morgan fingerprint density at radius 3 is 2.77 bits per heavy atom. The molecule has 0 aliphatic carbocycles. The van der Waals surface area contributed by atoms with Gasteiger partial charge in [0.15, 0.2) is 11.7 Å². The van der Waals surface area contributed by atoms with Crippen molar-refractivity contribution in [2.75, 3.05) is 40.0 Å². The van der Waals surface area contributed by atoms with Crippen molar-refractivity contribution >= 4 is 11.9 Å². The maximum absolute atomic E-state index is 11.1. The topological polar surface area (TPSA) is 102 Å². The number of nitrogens with zero attached hydrogens (tertiary/aromatic N) is 2. The highest BCUT2D eigenvalue weighted by Gasteiger charge is 2.22. The van der Waals surface area contributed by atoms with E-state index in [-0.39, 0.29) is 5.76 Å². The van der Waals surface area contributed by atoms with Crippen LogP contribution in [-0.4, -0.2) is 62.8 Å². The Bertz CT molecular complexity index is 580.